The number of para-hydroxylation sites is 1. The zero-order chi connectivity index (χ0) is 23.9. The third kappa shape index (κ3) is 4.14. The molecule has 1 saturated carbocycles. The number of anilines is 1. The summed E-state index contributed by atoms with van der Waals surface area (Å²) in [7, 11) is 0. The molecule has 7 nitrogen and oxygen atoms in total. The van der Waals surface area contributed by atoms with Gasteiger partial charge in [0.15, 0.2) is 0 Å². The summed E-state index contributed by atoms with van der Waals surface area (Å²) >= 11 is 0. The van der Waals surface area contributed by atoms with E-state index in [0.29, 0.717) is 24.5 Å². The van der Waals surface area contributed by atoms with Crippen molar-refractivity contribution in [3.05, 3.63) is 78.5 Å². The summed E-state index contributed by atoms with van der Waals surface area (Å²) in [5.41, 5.74) is -0.0349. The number of rotatable bonds is 6. The van der Waals surface area contributed by atoms with E-state index in [1.54, 1.807) is 30.5 Å². The fraction of sp³-hybridized carbons (Fsp3) is 0.208. The minimum atomic E-state index is -4.83. The van der Waals surface area contributed by atoms with Crippen molar-refractivity contribution < 1.29 is 32.2 Å². The number of aromatic nitrogens is 1. The summed E-state index contributed by atoms with van der Waals surface area (Å²) in [5.74, 6) is 0.138. The first-order chi connectivity index (χ1) is 16.2. The Labute approximate surface area is 192 Å². The molecule has 3 amide bonds. The van der Waals surface area contributed by atoms with Crippen LogP contribution in [0, 0.1) is 0 Å². The van der Waals surface area contributed by atoms with E-state index in [-0.39, 0.29) is 12.2 Å². The van der Waals surface area contributed by atoms with E-state index in [1.807, 2.05) is 18.2 Å². The SMILES string of the molecule is O=C1N(c2ccc(OC(F)(F)F)cc2)C(=O)C2(CC2)N1Cc1ccnc(Oc2ccccc2)c1. The van der Waals surface area contributed by atoms with Gasteiger partial charge in [-0.3, -0.25) is 4.79 Å². The molecular formula is C24H18F3N3O4. The maximum absolute atomic E-state index is 13.2. The Balaban J connectivity index is 1.35. The number of hydrogen-bond donors (Lipinski definition) is 0. The van der Waals surface area contributed by atoms with E-state index in [2.05, 4.69) is 9.72 Å². The zero-order valence-corrected chi connectivity index (χ0v) is 17.7. The summed E-state index contributed by atoms with van der Waals surface area (Å²) in [4.78, 5) is 33.1. The molecule has 2 fully saturated rings. The lowest BCUT2D eigenvalue weighted by Gasteiger charge is -2.21. The molecule has 0 radical (unpaired) electrons. The van der Waals surface area contributed by atoms with Crippen LogP contribution < -0.4 is 14.4 Å². The first-order valence-corrected chi connectivity index (χ1v) is 10.4. The van der Waals surface area contributed by atoms with E-state index in [4.69, 9.17) is 4.74 Å². The Morgan fingerprint density at radius 2 is 1.65 bits per heavy atom. The Hall–Kier alpha value is -4.08. The monoisotopic (exact) mass is 469 g/mol. The summed E-state index contributed by atoms with van der Waals surface area (Å²) in [5, 5.41) is 0. The number of carbonyl (C=O) groups excluding carboxylic acids is 2. The number of benzene rings is 2. The van der Waals surface area contributed by atoms with Gasteiger partial charge in [0.25, 0.3) is 5.91 Å². The molecule has 5 rings (SSSR count). The van der Waals surface area contributed by atoms with Crippen molar-refractivity contribution in [2.75, 3.05) is 4.90 Å². The second-order valence-corrected chi connectivity index (χ2v) is 8.00. The minimum Gasteiger partial charge on any atom is -0.439 e. The zero-order valence-electron chi connectivity index (χ0n) is 17.7. The number of ether oxygens (including phenoxy) is 2. The van der Waals surface area contributed by atoms with Gasteiger partial charge in [-0.1, -0.05) is 18.2 Å². The topological polar surface area (TPSA) is 72.0 Å². The van der Waals surface area contributed by atoms with Crippen LogP contribution in [0.15, 0.2) is 72.9 Å². The molecule has 0 unspecified atom stereocenters. The van der Waals surface area contributed by atoms with Gasteiger partial charge in [0.1, 0.15) is 17.0 Å². The molecule has 2 aliphatic rings. The second kappa shape index (κ2) is 8.05. The van der Waals surface area contributed by atoms with Crippen molar-refractivity contribution in [2.24, 2.45) is 0 Å². The van der Waals surface area contributed by atoms with E-state index < -0.39 is 29.6 Å². The third-order valence-electron chi connectivity index (χ3n) is 5.70. The highest BCUT2D eigenvalue weighted by atomic mass is 19.4. The van der Waals surface area contributed by atoms with Gasteiger partial charge in [-0.25, -0.2) is 14.7 Å². The molecule has 0 bridgehead atoms. The number of nitrogens with zero attached hydrogens (tertiary/aromatic N) is 3. The molecule has 0 N–H and O–H groups in total. The van der Waals surface area contributed by atoms with Gasteiger partial charge in [0.05, 0.1) is 5.69 Å². The summed E-state index contributed by atoms with van der Waals surface area (Å²) in [6.07, 6.45) is -2.24. The van der Waals surface area contributed by atoms with Crippen molar-refractivity contribution in [3.8, 4) is 17.4 Å². The highest BCUT2D eigenvalue weighted by Gasteiger charge is 2.65. The fourth-order valence-corrected chi connectivity index (χ4v) is 3.96. The van der Waals surface area contributed by atoms with E-state index >= 15 is 0 Å². The molecule has 1 aliphatic heterocycles. The molecule has 34 heavy (non-hydrogen) atoms. The highest BCUT2D eigenvalue weighted by Crippen LogP contribution is 2.49. The van der Waals surface area contributed by atoms with Crippen LogP contribution in [0.5, 0.6) is 17.4 Å². The van der Waals surface area contributed by atoms with Crippen molar-refractivity contribution in [1.82, 2.24) is 9.88 Å². The van der Waals surface area contributed by atoms with Crippen LogP contribution in [-0.4, -0.2) is 33.7 Å². The summed E-state index contributed by atoms with van der Waals surface area (Å²) in [6, 6.07) is 16.7. The van der Waals surface area contributed by atoms with Crippen LogP contribution in [0.25, 0.3) is 0 Å². The van der Waals surface area contributed by atoms with E-state index in [1.165, 1.54) is 17.0 Å². The average molecular weight is 469 g/mol. The minimum absolute atomic E-state index is 0.157. The highest BCUT2D eigenvalue weighted by molar-refractivity contribution is 6.24. The van der Waals surface area contributed by atoms with E-state index in [9.17, 15) is 22.8 Å². The molecule has 1 saturated heterocycles. The second-order valence-electron chi connectivity index (χ2n) is 8.00. The number of urea groups is 1. The molecule has 2 aromatic carbocycles. The maximum Gasteiger partial charge on any atom is 0.573 e. The van der Waals surface area contributed by atoms with Crippen molar-refractivity contribution in [3.63, 3.8) is 0 Å². The molecule has 10 heteroatoms. The maximum atomic E-state index is 13.2. The van der Waals surface area contributed by atoms with Gasteiger partial charge in [-0.05, 0) is 60.9 Å². The standard InChI is InChI=1S/C24H18F3N3O4/c25-24(26,27)34-19-8-6-17(7-9-19)30-21(31)23(11-12-23)29(22(30)32)15-16-10-13-28-20(14-16)33-18-4-2-1-3-5-18/h1-10,13-14H,11-12,15H2. The van der Waals surface area contributed by atoms with Crippen LogP contribution in [-0.2, 0) is 11.3 Å². The van der Waals surface area contributed by atoms with Crippen LogP contribution in [0.4, 0.5) is 23.7 Å². The Bertz CT molecular complexity index is 1230. The van der Waals surface area contributed by atoms with Crippen molar-refractivity contribution in [1.29, 1.82) is 0 Å². The lowest BCUT2D eigenvalue weighted by molar-refractivity contribution is -0.274. The Kier molecular flexibility index (Phi) is 5.15. The summed E-state index contributed by atoms with van der Waals surface area (Å²) < 4.78 is 46.9. The smallest absolute Gasteiger partial charge is 0.439 e. The van der Waals surface area contributed by atoms with Crippen LogP contribution in [0.2, 0.25) is 0 Å². The Morgan fingerprint density at radius 1 is 0.941 bits per heavy atom. The van der Waals surface area contributed by atoms with Crippen LogP contribution in [0.1, 0.15) is 18.4 Å². The van der Waals surface area contributed by atoms with Crippen LogP contribution >= 0.6 is 0 Å². The number of carbonyl (C=O) groups is 2. The predicted octanol–water partition coefficient (Wildman–Crippen LogP) is 5.27. The van der Waals surface area contributed by atoms with Gasteiger partial charge in [-0.2, -0.15) is 0 Å². The molecule has 2 heterocycles. The molecule has 174 valence electrons. The number of alkyl halides is 3. The lowest BCUT2D eigenvalue weighted by Crippen LogP contribution is -2.36. The lowest BCUT2D eigenvalue weighted by atomic mass is 10.2. The fourth-order valence-electron chi connectivity index (χ4n) is 3.96. The van der Waals surface area contributed by atoms with Gasteiger partial charge in [0.2, 0.25) is 5.88 Å². The quantitative estimate of drug-likeness (QED) is 0.460. The molecule has 0 atom stereocenters. The molecular weight excluding hydrogens is 451 g/mol. The largest absolute Gasteiger partial charge is 0.573 e. The molecule has 1 spiro atoms. The first kappa shape index (κ1) is 21.7. The normalized spacial score (nSPS) is 16.8. The third-order valence-corrected chi connectivity index (χ3v) is 5.70. The first-order valence-electron chi connectivity index (χ1n) is 10.4. The van der Waals surface area contributed by atoms with Crippen molar-refractivity contribution >= 4 is 17.6 Å². The predicted molar refractivity (Wildman–Crippen MR) is 114 cm³/mol. The van der Waals surface area contributed by atoms with Gasteiger partial charge in [0, 0.05) is 18.8 Å². The van der Waals surface area contributed by atoms with Gasteiger partial charge < -0.3 is 14.4 Å². The number of halogens is 3. The van der Waals surface area contributed by atoms with Gasteiger partial charge >= 0.3 is 12.4 Å². The Morgan fingerprint density at radius 3 is 2.29 bits per heavy atom. The van der Waals surface area contributed by atoms with Crippen molar-refractivity contribution in [2.45, 2.75) is 31.3 Å². The number of pyridine rings is 1. The van der Waals surface area contributed by atoms with Gasteiger partial charge in [-0.15, -0.1) is 13.2 Å². The average Bonchev–Trinajstić information content (AvgIpc) is 3.57. The number of amides is 3. The summed E-state index contributed by atoms with van der Waals surface area (Å²) in [6.45, 7) is 0.157. The van der Waals surface area contributed by atoms with E-state index in [0.717, 1.165) is 22.6 Å². The van der Waals surface area contributed by atoms with Crippen LogP contribution in [0.3, 0.4) is 0 Å². The molecule has 1 aromatic heterocycles. The number of imide groups is 1. The molecule has 1 aliphatic carbocycles. The molecule has 3 aromatic rings. The number of hydrogen-bond acceptors (Lipinski definition) is 5.